The highest BCUT2D eigenvalue weighted by Gasteiger charge is 2.27. The predicted octanol–water partition coefficient (Wildman–Crippen LogP) is 2.60. The van der Waals surface area contributed by atoms with E-state index in [-0.39, 0.29) is 6.04 Å². The standard InChI is InChI=1S/C17H27F2N3/c1-4-21(5-2)13-17(22-10-8-20(3)9-11-22)15-7-6-14(18)12-16(15)19/h6-7,12,17H,4-5,8-11,13H2,1-3H3. The van der Waals surface area contributed by atoms with Crippen LogP contribution in [0.1, 0.15) is 25.5 Å². The Bertz CT molecular complexity index is 469. The van der Waals surface area contributed by atoms with Gasteiger partial charge in [-0.05, 0) is 26.2 Å². The van der Waals surface area contributed by atoms with E-state index in [1.807, 2.05) is 0 Å². The monoisotopic (exact) mass is 311 g/mol. The summed E-state index contributed by atoms with van der Waals surface area (Å²) in [6.45, 7) is 10.7. The van der Waals surface area contributed by atoms with Crippen molar-refractivity contribution >= 4 is 0 Å². The molecule has 1 fully saturated rings. The molecule has 0 spiro atoms. The molecule has 0 amide bonds. The molecule has 0 aromatic heterocycles. The largest absolute Gasteiger partial charge is 0.304 e. The van der Waals surface area contributed by atoms with Crippen LogP contribution in [0.3, 0.4) is 0 Å². The van der Waals surface area contributed by atoms with Crippen LogP contribution in [-0.4, -0.2) is 67.6 Å². The minimum absolute atomic E-state index is 0.0193. The number of piperazine rings is 1. The van der Waals surface area contributed by atoms with Crippen LogP contribution >= 0.6 is 0 Å². The Morgan fingerprint density at radius 3 is 2.27 bits per heavy atom. The number of likely N-dealkylation sites (N-methyl/N-ethyl adjacent to an activating group) is 2. The molecule has 0 aliphatic carbocycles. The second-order valence-electron chi connectivity index (χ2n) is 6.01. The molecular weight excluding hydrogens is 284 g/mol. The second-order valence-corrected chi connectivity index (χ2v) is 6.01. The van der Waals surface area contributed by atoms with Crippen LogP contribution in [0.5, 0.6) is 0 Å². The van der Waals surface area contributed by atoms with Gasteiger partial charge in [0.1, 0.15) is 11.6 Å². The van der Waals surface area contributed by atoms with Crippen molar-refractivity contribution in [1.29, 1.82) is 0 Å². The molecule has 1 aromatic carbocycles. The second kappa shape index (κ2) is 7.99. The van der Waals surface area contributed by atoms with Crippen LogP contribution in [0.4, 0.5) is 8.78 Å². The lowest BCUT2D eigenvalue weighted by molar-refractivity contribution is 0.0859. The summed E-state index contributed by atoms with van der Waals surface area (Å²) in [5.74, 6) is -0.947. The lowest BCUT2D eigenvalue weighted by atomic mass is 10.0. The van der Waals surface area contributed by atoms with Gasteiger partial charge in [0.15, 0.2) is 0 Å². The Morgan fingerprint density at radius 1 is 1.09 bits per heavy atom. The first-order valence-corrected chi connectivity index (χ1v) is 8.15. The zero-order chi connectivity index (χ0) is 16.1. The highest BCUT2D eigenvalue weighted by molar-refractivity contribution is 5.23. The molecule has 0 radical (unpaired) electrons. The summed E-state index contributed by atoms with van der Waals surface area (Å²) in [6, 6.07) is 3.95. The Balaban J connectivity index is 2.24. The first kappa shape index (κ1) is 17.3. The van der Waals surface area contributed by atoms with Gasteiger partial charge in [-0.15, -0.1) is 0 Å². The van der Waals surface area contributed by atoms with Crippen molar-refractivity contribution in [3.8, 4) is 0 Å². The molecule has 1 saturated heterocycles. The number of hydrogen-bond donors (Lipinski definition) is 0. The lowest BCUT2D eigenvalue weighted by Gasteiger charge is -2.40. The Hall–Kier alpha value is -1.04. The number of halogens is 2. The summed E-state index contributed by atoms with van der Waals surface area (Å²) >= 11 is 0. The van der Waals surface area contributed by atoms with Crippen molar-refractivity contribution in [2.45, 2.75) is 19.9 Å². The molecule has 124 valence electrons. The third-order valence-electron chi connectivity index (χ3n) is 4.63. The number of hydrogen-bond acceptors (Lipinski definition) is 3. The van der Waals surface area contributed by atoms with Crippen molar-refractivity contribution in [1.82, 2.24) is 14.7 Å². The smallest absolute Gasteiger partial charge is 0.130 e. The van der Waals surface area contributed by atoms with Crippen molar-refractivity contribution < 1.29 is 8.78 Å². The zero-order valence-corrected chi connectivity index (χ0v) is 13.9. The van der Waals surface area contributed by atoms with E-state index in [1.54, 1.807) is 6.07 Å². The minimum atomic E-state index is -0.513. The third-order valence-corrected chi connectivity index (χ3v) is 4.63. The maximum absolute atomic E-state index is 14.3. The third kappa shape index (κ3) is 4.24. The van der Waals surface area contributed by atoms with Gasteiger partial charge in [0, 0.05) is 44.4 Å². The minimum Gasteiger partial charge on any atom is -0.304 e. The van der Waals surface area contributed by atoms with Gasteiger partial charge < -0.3 is 9.80 Å². The molecule has 1 unspecified atom stereocenters. The van der Waals surface area contributed by atoms with Gasteiger partial charge >= 0.3 is 0 Å². The van der Waals surface area contributed by atoms with Gasteiger partial charge in [0.2, 0.25) is 0 Å². The fourth-order valence-corrected chi connectivity index (χ4v) is 3.04. The summed E-state index contributed by atoms with van der Waals surface area (Å²) in [6.07, 6.45) is 0. The van der Waals surface area contributed by atoms with E-state index in [1.165, 1.54) is 6.07 Å². The van der Waals surface area contributed by atoms with Gasteiger partial charge in [0.05, 0.1) is 6.04 Å². The van der Waals surface area contributed by atoms with Crippen molar-refractivity contribution in [3.63, 3.8) is 0 Å². The molecule has 1 atom stereocenters. The molecule has 1 aliphatic rings. The molecule has 22 heavy (non-hydrogen) atoms. The molecule has 5 heteroatoms. The van der Waals surface area contributed by atoms with E-state index in [9.17, 15) is 8.78 Å². The fraction of sp³-hybridized carbons (Fsp3) is 0.647. The van der Waals surface area contributed by atoms with E-state index in [0.717, 1.165) is 51.9 Å². The molecule has 1 heterocycles. The first-order valence-electron chi connectivity index (χ1n) is 8.15. The van der Waals surface area contributed by atoms with Crippen LogP contribution in [0.2, 0.25) is 0 Å². The Morgan fingerprint density at radius 2 is 1.73 bits per heavy atom. The molecule has 1 aromatic rings. The molecule has 0 N–H and O–H groups in total. The fourth-order valence-electron chi connectivity index (χ4n) is 3.04. The summed E-state index contributed by atoms with van der Waals surface area (Å²) in [5, 5.41) is 0. The normalized spacial score (nSPS) is 18.8. The van der Waals surface area contributed by atoms with Gasteiger partial charge in [-0.2, -0.15) is 0 Å². The van der Waals surface area contributed by atoms with E-state index >= 15 is 0 Å². The predicted molar refractivity (Wildman–Crippen MR) is 86.0 cm³/mol. The maximum Gasteiger partial charge on any atom is 0.130 e. The molecule has 0 saturated carbocycles. The average Bonchev–Trinajstić information content (AvgIpc) is 2.51. The topological polar surface area (TPSA) is 9.72 Å². The molecule has 3 nitrogen and oxygen atoms in total. The summed E-state index contributed by atoms with van der Waals surface area (Å²) in [5.41, 5.74) is 0.609. The van der Waals surface area contributed by atoms with E-state index in [0.29, 0.717) is 5.56 Å². The van der Waals surface area contributed by atoms with Crippen LogP contribution in [0.15, 0.2) is 18.2 Å². The van der Waals surface area contributed by atoms with Crippen LogP contribution < -0.4 is 0 Å². The Labute approximate surface area is 132 Å². The lowest BCUT2D eigenvalue weighted by Crippen LogP contribution is -2.48. The first-order chi connectivity index (χ1) is 10.5. The highest BCUT2D eigenvalue weighted by Crippen LogP contribution is 2.26. The SMILES string of the molecule is CCN(CC)CC(c1ccc(F)cc1F)N1CCN(C)CC1. The molecule has 1 aliphatic heterocycles. The van der Waals surface area contributed by atoms with Crippen molar-refractivity contribution in [2.24, 2.45) is 0 Å². The quantitative estimate of drug-likeness (QED) is 0.799. The highest BCUT2D eigenvalue weighted by atomic mass is 19.1. The van der Waals surface area contributed by atoms with Gasteiger partial charge in [-0.3, -0.25) is 4.90 Å². The summed E-state index contributed by atoms with van der Waals surface area (Å²) < 4.78 is 27.5. The van der Waals surface area contributed by atoms with Crippen molar-refractivity contribution in [3.05, 3.63) is 35.4 Å². The maximum atomic E-state index is 14.3. The molecular formula is C17H27F2N3. The summed E-state index contributed by atoms with van der Waals surface area (Å²) in [7, 11) is 2.11. The van der Waals surface area contributed by atoms with Gasteiger partial charge in [0.25, 0.3) is 0 Å². The van der Waals surface area contributed by atoms with E-state index in [4.69, 9.17) is 0 Å². The Kier molecular flexibility index (Phi) is 6.29. The van der Waals surface area contributed by atoms with E-state index < -0.39 is 11.6 Å². The van der Waals surface area contributed by atoms with Crippen LogP contribution in [0, 0.1) is 11.6 Å². The number of benzene rings is 1. The van der Waals surface area contributed by atoms with Gasteiger partial charge in [-0.1, -0.05) is 19.9 Å². The number of rotatable bonds is 6. The number of nitrogens with zero attached hydrogens (tertiary/aromatic N) is 3. The molecule has 2 rings (SSSR count). The average molecular weight is 311 g/mol. The van der Waals surface area contributed by atoms with Gasteiger partial charge in [-0.25, -0.2) is 8.78 Å². The van der Waals surface area contributed by atoms with E-state index in [2.05, 4.69) is 35.6 Å². The summed E-state index contributed by atoms with van der Waals surface area (Å²) in [4.78, 5) is 6.91. The zero-order valence-electron chi connectivity index (χ0n) is 13.9. The van der Waals surface area contributed by atoms with Crippen LogP contribution in [-0.2, 0) is 0 Å². The van der Waals surface area contributed by atoms with Crippen molar-refractivity contribution in [2.75, 3.05) is 52.9 Å². The molecule has 0 bridgehead atoms. The van der Waals surface area contributed by atoms with Crippen LogP contribution in [0.25, 0.3) is 0 Å².